The quantitative estimate of drug-likeness (QED) is 0.0897. The van der Waals surface area contributed by atoms with Gasteiger partial charge in [0.15, 0.2) is 0 Å². The van der Waals surface area contributed by atoms with Crippen LogP contribution in [0.5, 0.6) is 0 Å². The molecule has 12 heterocycles. The molecular weight excluding hydrogens is 1730 g/mol. The molecule has 2 N–H and O–H groups in total. The minimum atomic E-state index is -4.51. The fourth-order valence-electron chi connectivity index (χ4n) is 12.5. The third-order valence-electron chi connectivity index (χ3n) is 18.9. The highest BCUT2D eigenvalue weighted by atomic mass is 35.5. The van der Waals surface area contributed by atoms with Crippen LogP contribution in [0, 0.1) is 67.5 Å². The predicted molar refractivity (Wildman–Crippen MR) is 464 cm³/mol. The van der Waals surface area contributed by atoms with Crippen molar-refractivity contribution >= 4 is 48.1 Å². The van der Waals surface area contributed by atoms with Crippen molar-refractivity contribution in [3.8, 4) is 47.1 Å². The minimum Gasteiger partial charge on any atom is -0.478 e. The van der Waals surface area contributed by atoms with Crippen LogP contribution < -0.4 is 5.32 Å². The van der Waals surface area contributed by atoms with Crippen LogP contribution in [0.3, 0.4) is 0 Å². The van der Waals surface area contributed by atoms with Gasteiger partial charge in [-0.1, -0.05) is 76.3 Å². The van der Waals surface area contributed by atoms with Crippen molar-refractivity contribution in [2.24, 2.45) is 22.2 Å². The van der Waals surface area contributed by atoms with Crippen molar-refractivity contribution in [2.75, 3.05) is 52.4 Å². The number of piperidine rings is 4. The maximum Gasteiger partial charge on any atom is 0.433 e. The average Bonchev–Trinajstić information content (AvgIpc) is 0.794. The first-order chi connectivity index (χ1) is 56.4. The third-order valence-corrected chi connectivity index (χ3v) is 19.3. The third kappa shape index (κ3) is 36.5. The molecule has 0 bridgehead atoms. The molecule has 39 heteroatoms. The van der Waals surface area contributed by atoms with Gasteiger partial charge in [0.1, 0.15) is 58.0 Å². The lowest BCUT2D eigenvalue weighted by Gasteiger charge is -2.37. The number of carbonyl (C=O) groups excluding carboxylic acids is 3. The van der Waals surface area contributed by atoms with Crippen LogP contribution in [0.2, 0.25) is 0 Å². The molecule has 25 nitrogen and oxygen atoms in total. The summed E-state index contributed by atoms with van der Waals surface area (Å²) in [5, 5.41) is 49.6. The number of carbonyl (C=O) groups is 4. The summed E-state index contributed by atoms with van der Waals surface area (Å²) >= 11 is 5.37. The van der Waals surface area contributed by atoms with Crippen LogP contribution in [0.25, 0.3) is 22.8 Å². The average molecular weight is 1850 g/mol. The topological polar surface area (TPSA) is 353 Å². The Morgan fingerprint density at radius 2 is 0.766 bits per heavy atom. The Hall–Kier alpha value is -11.8. The van der Waals surface area contributed by atoms with E-state index in [-0.39, 0.29) is 100 Å². The highest BCUT2D eigenvalue weighted by molar-refractivity contribution is 6.17. The van der Waals surface area contributed by atoms with Crippen LogP contribution in [0.15, 0.2) is 147 Å². The number of likely N-dealkylation sites (tertiary alicyclic amines) is 3. The molecule has 8 aromatic rings. The number of rotatable bonds is 11. The molecule has 4 aliphatic rings. The Kier molecular flexibility index (Phi) is 48.5. The Morgan fingerprint density at radius 3 is 1.05 bits per heavy atom. The van der Waals surface area contributed by atoms with Gasteiger partial charge in [-0.25, -0.2) is 34.3 Å². The zero-order valence-corrected chi connectivity index (χ0v) is 68.0. The molecule has 700 valence electrons. The van der Waals surface area contributed by atoms with E-state index in [2.05, 4.69) is 79.4 Å². The van der Waals surface area contributed by atoms with Gasteiger partial charge >= 0.3 is 42.9 Å². The standard InChI is InChI=1S/C23H19F3N6O.C18H22F3N3O2.C13H14F3N3.C11H18N2O2.C10H7N3O2.C7H5ClF3N.7CH4.ClH/c24-23(25,26)19-4-3-16(13-30-19)12-22(14-27)6-10-32(11-7-22)21(33)17-2-1-8-29-20(17)18-5-9-28-15-31-18;1-16(2,3)26-15(25)24-8-6-17(12-22,7-9-24)10-13-4-5-14(23-11-13)18(19,20)21;14-13(15,16)11-2-1-10(8-19-11)7-12(9-17)3-5-18-6-4-12;1-11(2,3)15-10(14)13-6-4-9(8-12)5-7-13;14-10(15)7-2-1-4-12-9(7)8-3-5-11-6-13-8;8-3-5-1-2-6(12-4-5)7(9,10)11;;;;;;;;/h1-5,8-9,13,15H,6-7,10-12H2;4-5,11H,6-10H2,1-3H3;1-2,8,18H,3-7H2;9H,4-7H2,1-3H3;1-6H,(H,14,15);1-2,4H,3H2;7*1H4;1H. The van der Waals surface area contributed by atoms with Crippen LogP contribution >= 0.6 is 24.0 Å². The van der Waals surface area contributed by atoms with E-state index in [4.69, 9.17) is 31.4 Å². The maximum absolute atomic E-state index is 13.2. The zero-order valence-electron chi connectivity index (χ0n) is 66.4. The summed E-state index contributed by atoms with van der Waals surface area (Å²) in [6.45, 7) is 15.1. The monoisotopic (exact) mass is 1840 g/mol. The van der Waals surface area contributed by atoms with Gasteiger partial charge in [-0.2, -0.15) is 73.7 Å². The Bertz CT molecular complexity index is 4840. The van der Waals surface area contributed by atoms with E-state index >= 15 is 0 Å². The second-order valence-electron chi connectivity index (χ2n) is 30.2. The Balaban J connectivity index is 0. The molecule has 4 saturated heterocycles. The summed E-state index contributed by atoms with van der Waals surface area (Å²) in [7, 11) is 0. The number of carboxylic acids is 1. The van der Waals surface area contributed by atoms with Gasteiger partial charge in [-0.05, 0) is 208 Å². The number of nitrogens with one attached hydrogen (secondary N) is 1. The summed E-state index contributed by atoms with van der Waals surface area (Å²) in [6, 6.07) is 28.1. The molecule has 0 saturated carbocycles. The van der Waals surface area contributed by atoms with Crippen LogP contribution in [0.4, 0.5) is 62.3 Å². The molecule has 3 amide bonds. The van der Waals surface area contributed by atoms with Crippen molar-refractivity contribution < 1.29 is 86.4 Å². The molecule has 4 aliphatic heterocycles. The molecule has 0 radical (unpaired) electrons. The number of carboxylic acid groups (broad SMARTS) is 1. The van der Waals surface area contributed by atoms with Crippen molar-refractivity contribution in [3.05, 3.63) is 203 Å². The number of nitrogens with zero attached hydrogens (tertiary/aromatic N) is 17. The number of amides is 3. The van der Waals surface area contributed by atoms with Gasteiger partial charge in [-0.15, -0.1) is 24.0 Å². The predicted octanol–water partition coefficient (Wildman–Crippen LogP) is 21.8. The first-order valence-corrected chi connectivity index (χ1v) is 37.9. The molecule has 0 aliphatic carbocycles. The lowest BCUT2D eigenvalue weighted by Crippen LogP contribution is -2.45. The molecule has 0 aromatic carbocycles. The van der Waals surface area contributed by atoms with Gasteiger partial charge in [0.25, 0.3) is 5.91 Å². The first-order valence-electron chi connectivity index (χ1n) is 37.4. The SMILES string of the molecule is C.C.C.C.C.C.C.CC(C)(C)OC(=O)N1CCC(C#N)(Cc2ccc(C(F)(F)F)nc2)CC1.CC(C)(C)OC(=O)N1CCC(C#N)CC1.Cl.FC(F)(F)c1ccc(CCl)cn1.N#CC1(Cc2ccc(C(F)(F)F)nc2)CCN(C(=O)c2cccnc2-c2ccncn2)CC1.N#CC1(Cc2ccc(C(F)(F)F)nc2)CCNCC1.O=C(O)c1cccnc1-c1ccncn1. The van der Waals surface area contributed by atoms with Gasteiger partial charge < -0.3 is 34.6 Å². The maximum atomic E-state index is 13.2. The lowest BCUT2D eigenvalue weighted by molar-refractivity contribution is -0.142. The molecular formula is C89H114Cl2F12N18O7. The van der Waals surface area contributed by atoms with E-state index in [1.807, 2.05) is 20.8 Å². The van der Waals surface area contributed by atoms with Gasteiger partial charge in [0.2, 0.25) is 0 Å². The minimum absolute atomic E-state index is 0. The van der Waals surface area contributed by atoms with E-state index in [0.29, 0.717) is 141 Å². The summed E-state index contributed by atoms with van der Waals surface area (Å²) in [6.07, 6.45) is 0.856. The fraction of sp³-hybridized carbons (Fsp3) is 0.483. The van der Waals surface area contributed by atoms with E-state index in [0.717, 1.165) is 56.4 Å². The second kappa shape index (κ2) is 52.5. The molecule has 12 rings (SSSR count). The number of nitriles is 4. The summed E-state index contributed by atoms with van der Waals surface area (Å²) in [5.41, 5.74) is -1.94. The lowest BCUT2D eigenvalue weighted by atomic mass is 9.75. The second-order valence-corrected chi connectivity index (χ2v) is 30.5. The Labute approximate surface area is 752 Å². The van der Waals surface area contributed by atoms with Gasteiger partial charge in [-0.3, -0.25) is 34.7 Å². The number of aromatic nitrogens is 10. The number of hydrogen-bond acceptors (Lipinski definition) is 21. The number of ether oxygens (including phenoxy) is 2. The van der Waals surface area contributed by atoms with Crippen molar-refractivity contribution in [1.29, 1.82) is 21.0 Å². The fourth-order valence-corrected chi connectivity index (χ4v) is 12.7. The number of alkyl halides is 13. The molecule has 8 aromatic heterocycles. The number of halogens is 14. The largest absolute Gasteiger partial charge is 0.478 e. The van der Waals surface area contributed by atoms with Crippen molar-refractivity contribution in [3.63, 3.8) is 0 Å². The molecule has 0 unspecified atom stereocenters. The summed E-state index contributed by atoms with van der Waals surface area (Å²) < 4.78 is 160. The van der Waals surface area contributed by atoms with Crippen molar-refractivity contribution in [2.45, 2.75) is 206 Å². The van der Waals surface area contributed by atoms with Gasteiger partial charge in [0, 0.05) is 101 Å². The summed E-state index contributed by atoms with van der Waals surface area (Å²) in [4.78, 5) is 90.4. The molecule has 0 atom stereocenters. The van der Waals surface area contributed by atoms with Crippen LogP contribution in [-0.4, -0.2) is 157 Å². The Morgan fingerprint density at radius 1 is 0.445 bits per heavy atom. The summed E-state index contributed by atoms with van der Waals surface area (Å²) in [5.74, 6) is -0.953. The zero-order chi connectivity index (χ0) is 88.3. The molecule has 0 spiro atoms. The van der Waals surface area contributed by atoms with E-state index < -0.39 is 87.0 Å². The van der Waals surface area contributed by atoms with Crippen LogP contribution in [0.1, 0.15) is 211 Å². The smallest absolute Gasteiger partial charge is 0.433 e. The number of aromatic carboxylic acids is 1. The normalized spacial score (nSPS) is 14.8. The molecule has 4 fully saturated rings. The first kappa shape index (κ1) is 118. The van der Waals surface area contributed by atoms with E-state index in [9.17, 15) is 87.6 Å². The van der Waals surface area contributed by atoms with E-state index in [1.54, 1.807) is 84.4 Å². The highest BCUT2D eigenvalue weighted by Crippen LogP contribution is 2.40. The highest BCUT2D eigenvalue weighted by Gasteiger charge is 2.42. The van der Waals surface area contributed by atoms with Gasteiger partial charge in [0.05, 0.1) is 63.0 Å². The van der Waals surface area contributed by atoms with E-state index in [1.165, 1.54) is 67.8 Å². The van der Waals surface area contributed by atoms with Crippen molar-refractivity contribution in [1.82, 2.24) is 69.9 Å². The number of hydrogen-bond donors (Lipinski definition) is 2. The molecule has 128 heavy (non-hydrogen) atoms. The number of pyridine rings is 6. The van der Waals surface area contributed by atoms with Crippen LogP contribution in [-0.2, 0) is 59.3 Å².